The maximum atomic E-state index is 13.0. The van der Waals surface area contributed by atoms with E-state index in [1.807, 2.05) is 52.3 Å². The molecule has 11 rings (SSSR count). The maximum absolute atomic E-state index is 13.0. The lowest BCUT2D eigenvalue weighted by atomic mass is 9.70. The molecule has 3 spiro atoms. The molecule has 0 aromatic heterocycles. The average Bonchev–Trinajstić information content (AvgIpc) is 3.94. The molecule has 3 aliphatic carbocycles. The Morgan fingerprint density at radius 2 is 1.00 bits per heavy atom. The number of hydrogen-bond acceptors (Lipinski definition) is 11. The van der Waals surface area contributed by atoms with E-state index in [-0.39, 0.29) is 80.5 Å². The summed E-state index contributed by atoms with van der Waals surface area (Å²) in [7, 11) is 2.79. The van der Waals surface area contributed by atoms with Crippen LogP contribution < -0.4 is 10.8 Å². The fourth-order valence-corrected chi connectivity index (χ4v) is 11.7. The minimum absolute atomic E-state index is 0. The van der Waals surface area contributed by atoms with Crippen LogP contribution in [0.5, 0.6) is 0 Å². The summed E-state index contributed by atoms with van der Waals surface area (Å²) in [5, 5.41) is 11.7. The zero-order valence-corrected chi connectivity index (χ0v) is 43.1. The van der Waals surface area contributed by atoms with Crippen molar-refractivity contribution in [2.75, 3.05) is 73.4 Å². The zero-order chi connectivity index (χ0) is 46.9. The van der Waals surface area contributed by atoms with Gasteiger partial charge in [0.1, 0.15) is 0 Å². The van der Waals surface area contributed by atoms with Gasteiger partial charge in [-0.3, -0.25) is 24.4 Å². The number of ether oxygens (including phenoxy) is 4. The van der Waals surface area contributed by atoms with Crippen molar-refractivity contribution < 1.29 is 52.9 Å². The number of nitrogens with one attached hydrogen (secondary N) is 2. The van der Waals surface area contributed by atoms with Crippen LogP contribution in [0.25, 0.3) is 0 Å². The summed E-state index contributed by atoms with van der Waals surface area (Å²) < 4.78 is 20.0. The molecule has 3 aromatic carbocycles. The summed E-state index contributed by atoms with van der Waals surface area (Å²) in [6.07, 6.45) is 10.2. The Kier molecular flexibility index (Phi) is 17.9. The highest BCUT2D eigenvalue weighted by atomic mass is 32.1. The van der Waals surface area contributed by atoms with E-state index in [4.69, 9.17) is 24.2 Å². The number of carbonyl (C=O) groups excluding carboxylic acids is 6. The molecule has 3 N–H and O–H groups in total. The molecule has 5 fully saturated rings. The summed E-state index contributed by atoms with van der Waals surface area (Å²) in [5.74, 6) is 0.709. The van der Waals surface area contributed by atoms with Crippen LogP contribution in [0.1, 0.15) is 103 Å². The molecule has 5 saturated heterocycles. The van der Waals surface area contributed by atoms with Gasteiger partial charge in [-0.1, -0.05) is 18.2 Å². The van der Waals surface area contributed by atoms with Gasteiger partial charge in [-0.05, 0) is 147 Å². The molecule has 5 aliphatic heterocycles. The number of carbonyl (C=O) groups is 6. The second-order valence-corrected chi connectivity index (χ2v) is 20.1. The zero-order valence-electron chi connectivity index (χ0n) is 40.1. The van der Waals surface area contributed by atoms with Crippen molar-refractivity contribution in [2.45, 2.75) is 77.0 Å². The highest BCUT2D eigenvalue weighted by molar-refractivity contribution is 7.59. The number of hydrogen-bond donors (Lipinski definition) is 3. The molecule has 0 bridgehead atoms. The summed E-state index contributed by atoms with van der Waals surface area (Å²) in [6, 6.07) is 16.9. The molecule has 15 nitrogen and oxygen atoms in total. The molecule has 5 heterocycles. The van der Waals surface area contributed by atoms with Crippen LogP contribution in [0.4, 0.5) is 0 Å². The van der Waals surface area contributed by atoms with E-state index < -0.39 is 5.91 Å². The summed E-state index contributed by atoms with van der Waals surface area (Å²) in [4.78, 5) is 76.8. The highest BCUT2D eigenvalue weighted by Crippen LogP contribution is 2.46. The minimum Gasteiger partial charge on any atom is -0.465 e. The Balaban J connectivity index is 0.000000170. The van der Waals surface area contributed by atoms with Crippen molar-refractivity contribution in [3.8, 4) is 0 Å². The average molecular weight is 1020 g/mol. The summed E-state index contributed by atoms with van der Waals surface area (Å²) >= 11 is 0. The number of fused-ring (bicyclic) bond motifs is 3. The van der Waals surface area contributed by atoms with Crippen molar-refractivity contribution >= 4 is 76.1 Å². The van der Waals surface area contributed by atoms with Crippen LogP contribution in [-0.2, 0) is 71.9 Å². The fraction of sp³-hybridized carbons (Fsp3) is 0.538. The molecule has 0 saturated carbocycles. The largest absolute Gasteiger partial charge is 0.465 e. The van der Waals surface area contributed by atoms with Gasteiger partial charge < -0.3 is 34.1 Å². The molecule has 0 radical (unpaired) electrons. The minimum atomic E-state index is -0.496. The van der Waals surface area contributed by atoms with Gasteiger partial charge in [-0.2, -0.15) is 40.5 Å². The molecule has 3 aromatic rings. The first-order valence-electron chi connectivity index (χ1n) is 23.9. The van der Waals surface area contributed by atoms with E-state index in [0.29, 0.717) is 34.4 Å². The number of rotatable bonds is 7. The number of nitrogens with zero attached hydrogens (tertiary/aromatic N) is 2. The Hall–Kier alpha value is -4.59. The number of methoxy groups -OCH3 is 2. The number of hydroxylamine groups is 1. The maximum Gasteiger partial charge on any atom is 0.337 e. The van der Waals surface area contributed by atoms with Gasteiger partial charge in [0.2, 0.25) is 17.7 Å². The molecule has 0 unspecified atom stereocenters. The van der Waals surface area contributed by atoms with Gasteiger partial charge in [-0.15, -0.1) is 0 Å². The first kappa shape index (κ1) is 54.7. The van der Waals surface area contributed by atoms with Crippen LogP contribution in [0.2, 0.25) is 0 Å². The topological polar surface area (TPSA) is 190 Å². The first-order chi connectivity index (χ1) is 32.4. The van der Waals surface area contributed by atoms with E-state index in [1.54, 1.807) is 17.6 Å². The summed E-state index contributed by atoms with van der Waals surface area (Å²) in [6.45, 7) is 7.28. The first-order valence-corrected chi connectivity index (χ1v) is 23.9. The number of benzene rings is 3. The smallest absolute Gasteiger partial charge is 0.337 e. The number of aryl methyl sites for hydroxylation is 3. The Bertz CT molecular complexity index is 2350. The van der Waals surface area contributed by atoms with Gasteiger partial charge in [0.05, 0.1) is 68.0 Å². The van der Waals surface area contributed by atoms with Crippen molar-refractivity contribution in [2.24, 2.45) is 28.1 Å². The predicted molar refractivity (Wildman–Crippen MR) is 274 cm³/mol. The number of likely N-dealkylation sites (tertiary alicyclic amines) is 2. The van der Waals surface area contributed by atoms with Gasteiger partial charge in [0, 0.05) is 50.1 Å². The van der Waals surface area contributed by atoms with E-state index in [2.05, 4.69) is 5.32 Å². The van der Waals surface area contributed by atoms with Crippen LogP contribution >= 0.6 is 40.5 Å². The van der Waals surface area contributed by atoms with Crippen molar-refractivity contribution in [1.82, 2.24) is 20.6 Å². The molecule has 3 atom stereocenters. The third-order valence-corrected chi connectivity index (χ3v) is 16.0. The van der Waals surface area contributed by atoms with E-state index in [9.17, 15) is 28.8 Å². The molecular weight excluding hydrogens is 953 g/mol. The third kappa shape index (κ3) is 10.9. The summed E-state index contributed by atoms with van der Waals surface area (Å²) in [5.41, 5.74) is 9.62. The van der Waals surface area contributed by atoms with Crippen molar-refractivity contribution in [3.05, 3.63) is 105 Å². The Morgan fingerprint density at radius 1 is 0.600 bits per heavy atom. The lowest BCUT2D eigenvalue weighted by Crippen LogP contribution is -2.44. The Morgan fingerprint density at radius 3 is 1.37 bits per heavy atom. The SMILES string of the molecule is COC(=O)c1ccc2c(c1)CC[C@@]1(CCN(CC3COC3)C1=O)C2.COC(=O)c1ccc2c(c1)CC[C@@]1(CCNC1=O)C2.O=C(NO)c1ccc2c(c1)CC[C@@]1(CCN(CC3COC3)C1=O)C2.S.S.S. The second-order valence-electron chi connectivity index (χ2n) is 20.1. The second kappa shape index (κ2) is 22.9. The number of esters is 2. The van der Waals surface area contributed by atoms with Crippen LogP contribution in [0, 0.1) is 28.1 Å². The number of amides is 4. The van der Waals surface area contributed by atoms with Gasteiger partial charge in [-0.25, -0.2) is 15.1 Å². The van der Waals surface area contributed by atoms with Gasteiger partial charge in [0.15, 0.2) is 0 Å². The lowest BCUT2D eigenvalue weighted by Gasteiger charge is -2.35. The standard InChI is InChI=1S/C19H23NO4.C18H22N2O4.C15H17NO3.3H2S/c1-23-17(21)15-2-3-16-9-19(5-4-14(16)8-15)6-7-20(18(19)22)10-13-11-24-12-13;21-16(19-23)14-1-2-15-8-18(4-3-13(15)7-14)5-6-20(17(18)22)9-12-10-24-11-12;1-19-13(17)11-2-3-12-9-15(5-4-10(12)8-11)6-7-16-14(15)18;;;/h2-3,8,13H,4-7,9-12H2,1H3;1-2,7,12,23H,3-6,8-11H2,(H,19,21);2-3,8H,4-7,9H2,1H3,(H,16,18);3*1H2/t19-;18-;15-;;;/m111.../s1. The molecule has 8 aliphatic rings. The van der Waals surface area contributed by atoms with Crippen molar-refractivity contribution in [3.63, 3.8) is 0 Å². The Labute approximate surface area is 430 Å². The van der Waals surface area contributed by atoms with Crippen LogP contribution in [0.3, 0.4) is 0 Å². The normalized spacial score (nSPS) is 24.9. The lowest BCUT2D eigenvalue weighted by molar-refractivity contribution is -0.140. The van der Waals surface area contributed by atoms with Crippen LogP contribution in [0.15, 0.2) is 54.6 Å². The van der Waals surface area contributed by atoms with Crippen molar-refractivity contribution in [1.29, 1.82) is 0 Å². The van der Waals surface area contributed by atoms with E-state index in [1.165, 1.54) is 36.5 Å². The molecular formula is C52H68N4O11S3. The van der Waals surface area contributed by atoms with E-state index >= 15 is 0 Å². The third-order valence-electron chi connectivity index (χ3n) is 16.0. The molecule has 4 amide bonds. The van der Waals surface area contributed by atoms with E-state index in [0.717, 1.165) is 147 Å². The monoisotopic (exact) mass is 1020 g/mol. The van der Waals surface area contributed by atoms with Crippen LogP contribution in [-0.4, -0.2) is 124 Å². The van der Waals surface area contributed by atoms with Gasteiger partial charge in [0.25, 0.3) is 5.91 Å². The highest BCUT2D eigenvalue weighted by Gasteiger charge is 2.50. The fourth-order valence-electron chi connectivity index (χ4n) is 11.7. The van der Waals surface area contributed by atoms with Gasteiger partial charge >= 0.3 is 11.9 Å². The predicted octanol–water partition coefficient (Wildman–Crippen LogP) is 4.79. The molecule has 70 heavy (non-hydrogen) atoms. The molecule has 380 valence electrons. The quantitative estimate of drug-likeness (QED) is 0.168. The molecule has 18 heteroatoms.